The van der Waals surface area contributed by atoms with Gasteiger partial charge in [-0.15, -0.1) is 11.6 Å². The Morgan fingerprint density at radius 2 is 2.15 bits per heavy atom. The summed E-state index contributed by atoms with van der Waals surface area (Å²) in [6, 6.07) is 0. The third-order valence-electron chi connectivity index (χ3n) is 1.59. The van der Waals surface area contributed by atoms with Crippen molar-refractivity contribution in [3.63, 3.8) is 0 Å². The number of carbonyl (C=O) groups is 1. The SMILES string of the molecule is CCC=C(CCl)C(=O)OCCCC. The fraction of sp³-hybridized carbons (Fsp3) is 0.700. The number of carbonyl (C=O) groups excluding carboxylic acids is 1. The van der Waals surface area contributed by atoms with E-state index >= 15 is 0 Å². The standard InChI is InChI=1S/C10H17ClO2/c1-3-5-7-13-10(12)9(8-11)6-4-2/h6H,3-5,7-8H2,1-2H3. The van der Waals surface area contributed by atoms with Crippen LogP contribution in [0.3, 0.4) is 0 Å². The summed E-state index contributed by atoms with van der Waals surface area (Å²) in [7, 11) is 0. The highest BCUT2D eigenvalue weighted by atomic mass is 35.5. The Morgan fingerprint density at radius 1 is 1.46 bits per heavy atom. The maximum Gasteiger partial charge on any atom is 0.334 e. The fourth-order valence-electron chi connectivity index (χ4n) is 0.841. The molecule has 0 saturated heterocycles. The average molecular weight is 205 g/mol. The number of ether oxygens (including phenoxy) is 1. The van der Waals surface area contributed by atoms with Gasteiger partial charge in [0.15, 0.2) is 0 Å². The Bertz CT molecular complexity index is 176. The second kappa shape index (κ2) is 8.11. The van der Waals surface area contributed by atoms with Crippen LogP contribution in [-0.2, 0) is 9.53 Å². The van der Waals surface area contributed by atoms with E-state index in [0.717, 1.165) is 19.3 Å². The van der Waals surface area contributed by atoms with Gasteiger partial charge in [0.1, 0.15) is 0 Å². The Kier molecular flexibility index (Phi) is 7.80. The molecule has 0 amide bonds. The summed E-state index contributed by atoms with van der Waals surface area (Å²) in [5.74, 6) is -0.0380. The number of alkyl halides is 1. The van der Waals surface area contributed by atoms with Crippen LogP contribution in [0.4, 0.5) is 0 Å². The minimum Gasteiger partial charge on any atom is -0.462 e. The first-order valence-corrected chi connectivity index (χ1v) is 5.21. The molecule has 0 saturated carbocycles. The monoisotopic (exact) mass is 204 g/mol. The second-order valence-electron chi connectivity index (χ2n) is 2.76. The van der Waals surface area contributed by atoms with E-state index < -0.39 is 0 Å². The Morgan fingerprint density at radius 3 is 2.62 bits per heavy atom. The molecule has 13 heavy (non-hydrogen) atoms. The zero-order chi connectivity index (χ0) is 10.1. The van der Waals surface area contributed by atoms with Crippen LogP contribution >= 0.6 is 11.6 Å². The lowest BCUT2D eigenvalue weighted by Crippen LogP contribution is -2.10. The molecule has 0 unspecified atom stereocenters. The highest BCUT2D eigenvalue weighted by Crippen LogP contribution is 2.03. The molecular weight excluding hydrogens is 188 g/mol. The summed E-state index contributed by atoms with van der Waals surface area (Å²) in [6.45, 7) is 4.51. The lowest BCUT2D eigenvalue weighted by molar-refractivity contribution is -0.139. The highest BCUT2D eigenvalue weighted by Gasteiger charge is 2.07. The number of rotatable bonds is 6. The van der Waals surface area contributed by atoms with Crippen LogP contribution < -0.4 is 0 Å². The first-order valence-electron chi connectivity index (χ1n) is 4.68. The summed E-state index contributed by atoms with van der Waals surface area (Å²) in [6.07, 6.45) is 4.56. The molecule has 2 nitrogen and oxygen atoms in total. The summed E-state index contributed by atoms with van der Waals surface area (Å²) in [5, 5.41) is 0. The van der Waals surface area contributed by atoms with Crippen molar-refractivity contribution in [1.29, 1.82) is 0 Å². The quantitative estimate of drug-likeness (QED) is 0.288. The summed E-state index contributed by atoms with van der Waals surface area (Å²) >= 11 is 5.58. The molecule has 0 aromatic rings. The zero-order valence-electron chi connectivity index (χ0n) is 8.31. The molecule has 0 aliphatic carbocycles. The summed E-state index contributed by atoms with van der Waals surface area (Å²) in [5.41, 5.74) is 0.570. The van der Waals surface area contributed by atoms with E-state index in [-0.39, 0.29) is 11.8 Å². The smallest absolute Gasteiger partial charge is 0.334 e. The third kappa shape index (κ3) is 5.69. The van der Waals surface area contributed by atoms with E-state index in [9.17, 15) is 4.79 Å². The maximum absolute atomic E-state index is 11.3. The van der Waals surface area contributed by atoms with Gasteiger partial charge in [-0.05, 0) is 12.8 Å². The number of hydrogen-bond donors (Lipinski definition) is 0. The first kappa shape index (κ1) is 12.5. The van der Waals surface area contributed by atoms with E-state index in [1.807, 2.05) is 6.92 Å². The third-order valence-corrected chi connectivity index (χ3v) is 1.88. The van der Waals surface area contributed by atoms with Gasteiger partial charge in [0.2, 0.25) is 0 Å². The van der Waals surface area contributed by atoms with E-state index in [0.29, 0.717) is 12.2 Å². The van der Waals surface area contributed by atoms with E-state index in [2.05, 4.69) is 6.92 Å². The molecule has 0 fully saturated rings. The van der Waals surface area contributed by atoms with Crippen LogP contribution in [0.5, 0.6) is 0 Å². The number of unbranched alkanes of at least 4 members (excludes halogenated alkanes) is 1. The van der Waals surface area contributed by atoms with Gasteiger partial charge in [-0.1, -0.05) is 26.3 Å². The minimum atomic E-state index is -0.273. The molecule has 0 aliphatic heterocycles. The number of allylic oxidation sites excluding steroid dienone is 1. The first-order chi connectivity index (χ1) is 6.26. The lowest BCUT2D eigenvalue weighted by atomic mass is 10.2. The molecular formula is C10H17ClO2. The summed E-state index contributed by atoms with van der Waals surface area (Å²) < 4.78 is 5.00. The van der Waals surface area contributed by atoms with Crippen molar-refractivity contribution in [3.05, 3.63) is 11.6 Å². The van der Waals surface area contributed by atoms with Crippen molar-refractivity contribution in [2.24, 2.45) is 0 Å². The van der Waals surface area contributed by atoms with Crippen molar-refractivity contribution in [2.45, 2.75) is 33.1 Å². The normalized spacial score (nSPS) is 11.5. The van der Waals surface area contributed by atoms with Crippen LogP contribution in [0, 0.1) is 0 Å². The molecule has 0 spiro atoms. The van der Waals surface area contributed by atoms with Crippen LogP contribution in [0.25, 0.3) is 0 Å². The lowest BCUT2D eigenvalue weighted by Gasteiger charge is -2.04. The molecule has 0 bridgehead atoms. The van der Waals surface area contributed by atoms with Crippen molar-refractivity contribution in [3.8, 4) is 0 Å². The van der Waals surface area contributed by atoms with Crippen molar-refractivity contribution in [1.82, 2.24) is 0 Å². The van der Waals surface area contributed by atoms with Crippen LogP contribution in [0.1, 0.15) is 33.1 Å². The maximum atomic E-state index is 11.3. The number of hydrogen-bond acceptors (Lipinski definition) is 2. The number of halogens is 1. The van der Waals surface area contributed by atoms with Gasteiger partial charge in [0.05, 0.1) is 12.5 Å². The Hall–Kier alpha value is -0.500. The molecule has 3 heteroatoms. The van der Waals surface area contributed by atoms with E-state index in [1.54, 1.807) is 6.08 Å². The van der Waals surface area contributed by atoms with Gasteiger partial charge >= 0.3 is 5.97 Å². The Balaban J connectivity index is 3.85. The zero-order valence-corrected chi connectivity index (χ0v) is 9.06. The molecule has 0 aromatic carbocycles. The topological polar surface area (TPSA) is 26.3 Å². The van der Waals surface area contributed by atoms with Crippen molar-refractivity contribution < 1.29 is 9.53 Å². The molecule has 0 N–H and O–H groups in total. The van der Waals surface area contributed by atoms with Crippen LogP contribution in [-0.4, -0.2) is 18.5 Å². The molecule has 0 atom stereocenters. The molecule has 76 valence electrons. The van der Waals surface area contributed by atoms with Crippen molar-refractivity contribution >= 4 is 17.6 Å². The second-order valence-corrected chi connectivity index (χ2v) is 3.03. The number of esters is 1. The van der Waals surface area contributed by atoms with Crippen LogP contribution in [0.15, 0.2) is 11.6 Å². The fourth-order valence-corrected chi connectivity index (χ4v) is 1.06. The summed E-state index contributed by atoms with van der Waals surface area (Å²) in [4.78, 5) is 11.3. The van der Waals surface area contributed by atoms with Crippen LogP contribution in [0.2, 0.25) is 0 Å². The highest BCUT2D eigenvalue weighted by molar-refractivity contribution is 6.22. The van der Waals surface area contributed by atoms with E-state index in [4.69, 9.17) is 16.3 Å². The van der Waals surface area contributed by atoms with Gasteiger partial charge in [0, 0.05) is 5.57 Å². The molecule has 0 aromatic heterocycles. The van der Waals surface area contributed by atoms with Gasteiger partial charge < -0.3 is 4.74 Å². The molecule has 0 heterocycles. The van der Waals surface area contributed by atoms with Gasteiger partial charge in [-0.25, -0.2) is 4.79 Å². The molecule has 0 radical (unpaired) electrons. The minimum absolute atomic E-state index is 0.235. The average Bonchev–Trinajstić information content (AvgIpc) is 2.14. The van der Waals surface area contributed by atoms with Gasteiger partial charge in [-0.3, -0.25) is 0 Å². The van der Waals surface area contributed by atoms with Gasteiger partial charge in [0.25, 0.3) is 0 Å². The largest absolute Gasteiger partial charge is 0.462 e. The Labute approximate surface area is 84.9 Å². The molecule has 0 rings (SSSR count). The predicted octanol–water partition coefficient (Wildman–Crippen LogP) is 2.90. The van der Waals surface area contributed by atoms with Gasteiger partial charge in [-0.2, -0.15) is 0 Å². The van der Waals surface area contributed by atoms with E-state index in [1.165, 1.54) is 0 Å². The molecule has 0 aliphatic rings. The predicted molar refractivity (Wildman–Crippen MR) is 55.0 cm³/mol. The van der Waals surface area contributed by atoms with Crippen molar-refractivity contribution in [2.75, 3.05) is 12.5 Å².